The van der Waals surface area contributed by atoms with Gasteiger partial charge in [0, 0.05) is 11.3 Å². The highest BCUT2D eigenvalue weighted by Gasteiger charge is 2.10. The van der Waals surface area contributed by atoms with Crippen LogP contribution in [0.2, 0.25) is 0 Å². The van der Waals surface area contributed by atoms with Gasteiger partial charge >= 0.3 is 0 Å². The van der Waals surface area contributed by atoms with E-state index in [1.807, 2.05) is 6.07 Å². The molecule has 0 aromatic carbocycles. The van der Waals surface area contributed by atoms with Gasteiger partial charge in [-0.15, -0.1) is 11.3 Å². The van der Waals surface area contributed by atoms with E-state index in [0.29, 0.717) is 0 Å². The largest absolute Gasteiger partial charge is 0.322 e. The molecule has 2 aromatic rings. The average Bonchev–Trinajstić information content (AvgIpc) is 2.75. The maximum Gasteiger partial charge on any atom is 0.0913 e. The first-order valence-electron chi connectivity index (χ1n) is 4.03. The molecule has 6 heteroatoms. The number of aromatic nitrogens is 2. The van der Waals surface area contributed by atoms with E-state index in [4.69, 9.17) is 5.73 Å². The lowest BCUT2D eigenvalue weighted by Gasteiger charge is -2.05. The van der Waals surface area contributed by atoms with Crippen molar-refractivity contribution in [2.24, 2.45) is 5.73 Å². The van der Waals surface area contributed by atoms with Crippen LogP contribution >= 0.6 is 39.0 Å². The van der Waals surface area contributed by atoms with Crippen molar-refractivity contribution in [3.05, 3.63) is 32.7 Å². The summed E-state index contributed by atoms with van der Waals surface area (Å²) in [6.45, 7) is 0. The van der Waals surface area contributed by atoms with Crippen molar-refractivity contribution in [2.45, 2.75) is 12.5 Å². The van der Waals surface area contributed by atoms with Crippen molar-refractivity contribution >= 4 is 39.0 Å². The second kappa shape index (κ2) is 4.48. The van der Waals surface area contributed by atoms with Crippen LogP contribution in [0.3, 0.4) is 0 Å². The number of halogens is 1. The van der Waals surface area contributed by atoms with Gasteiger partial charge in [-0.25, -0.2) is 0 Å². The fraction of sp³-hybridized carbons (Fsp3) is 0.250. The Kier molecular flexibility index (Phi) is 3.27. The smallest absolute Gasteiger partial charge is 0.0913 e. The van der Waals surface area contributed by atoms with E-state index in [1.165, 1.54) is 16.6 Å². The summed E-state index contributed by atoms with van der Waals surface area (Å²) in [5.41, 5.74) is 6.85. The SMILES string of the molecule is NC(Cc1ccc(Br)s1)c1cnsn1. The van der Waals surface area contributed by atoms with Gasteiger partial charge in [-0.05, 0) is 28.1 Å². The Morgan fingerprint density at radius 2 is 2.36 bits per heavy atom. The van der Waals surface area contributed by atoms with E-state index in [9.17, 15) is 0 Å². The molecule has 2 rings (SSSR count). The standard InChI is InChI=1S/C8H8BrN3S2/c9-8-2-1-5(13-8)3-6(10)7-4-11-14-12-7/h1-2,4,6H,3,10H2. The molecule has 0 saturated heterocycles. The molecule has 0 spiro atoms. The average molecular weight is 290 g/mol. The lowest BCUT2D eigenvalue weighted by atomic mass is 10.1. The molecule has 0 aliphatic carbocycles. The first kappa shape index (κ1) is 10.2. The van der Waals surface area contributed by atoms with Gasteiger partial charge in [0.15, 0.2) is 0 Å². The van der Waals surface area contributed by atoms with Crippen LogP contribution in [0.15, 0.2) is 22.1 Å². The highest BCUT2D eigenvalue weighted by molar-refractivity contribution is 9.11. The number of rotatable bonds is 3. The summed E-state index contributed by atoms with van der Waals surface area (Å²) in [4.78, 5) is 1.26. The predicted octanol–water partition coefficient (Wildman–Crippen LogP) is 2.60. The topological polar surface area (TPSA) is 51.8 Å². The summed E-state index contributed by atoms with van der Waals surface area (Å²) < 4.78 is 9.19. The van der Waals surface area contributed by atoms with E-state index in [1.54, 1.807) is 17.5 Å². The Morgan fingerprint density at radius 3 is 2.93 bits per heavy atom. The normalized spacial score (nSPS) is 13.0. The number of hydrogen-bond donors (Lipinski definition) is 1. The summed E-state index contributed by atoms with van der Waals surface area (Å²) in [6.07, 6.45) is 2.56. The van der Waals surface area contributed by atoms with Gasteiger partial charge < -0.3 is 5.73 Å². The molecular weight excluding hydrogens is 282 g/mol. The fourth-order valence-corrected chi connectivity index (χ4v) is 3.14. The fourth-order valence-electron chi connectivity index (χ4n) is 1.12. The van der Waals surface area contributed by atoms with Crippen LogP contribution in [0.5, 0.6) is 0 Å². The lowest BCUT2D eigenvalue weighted by Crippen LogP contribution is -2.12. The van der Waals surface area contributed by atoms with Crippen LogP contribution in [0, 0.1) is 0 Å². The molecule has 1 unspecified atom stereocenters. The first-order valence-corrected chi connectivity index (χ1v) is 6.37. The van der Waals surface area contributed by atoms with Gasteiger partial charge in [0.1, 0.15) is 0 Å². The number of hydrogen-bond acceptors (Lipinski definition) is 5. The lowest BCUT2D eigenvalue weighted by molar-refractivity contribution is 0.712. The molecule has 0 aliphatic heterocycles. The minimum absolute atomic E-state index is 0.0423. The highest BCUT2D eigenvalue weighted by atomic mass is 79.9. The van der Waals surface area contributed by atoms with E-state index in [0.717, 1.165) is 15.9 Å². The third kappa shape index (κ3) is 2.38. The Bertz CT molecular complexity index is 398. The van der Waals surface area contributed by atoms with Gasteiger partial charge in [-0.1, -0.05) is 0 Å². The van der Waals surface area contributed by atoms with Gasteiger partial charge in [-0.2, -0.15) is 8.75 Å². The zero-order valence-corrected chi connectivity index (χ0v) is 10.4. The third-order valence-electron chi connectivity index (χ3n) is 1.81. The zero-order valence-electron chi connectivity index (χ0n) is 7.18. The Labute approximate surface area is 98.4 Å². The van der Waals surface area contributed by atoms with Crippen molar-refractivity contribution in [2.75, 3.05) is 0 Å². The van der Waals surface area contributed by atoms with Gasteiger partial charge in [0.05, 0.1) is 33.4 Å². The van der Waals surface area contributed by atoms with E-state index in [2.05, 4.69) is 30.7 Å². The summed E-state index contributed by atoms with van der Waals surface area (Å²) in [5.74, 6) is 0. The Hall–Kier alpha value is -0.300. The molecule has 0 aliphatic rings. The monoisotopic (exact) mass is 289 g/mol. The molecule has 1 atom stereocenters. The molecule has 2 aromatic heterocycles. The minimum Gasteiger partial charge on any atom is -0.322 e. The van der Waals surface area contributed by atoms with E-state index >= 15 is 0 Å². The number of nitrogens with two attached hydrogens (primary N) is 1. The maximum atomic E-state index is 5.98. The predicted molar refractivity (Wildman–Crippen MR) is 62.6 cm³/mol. The molecule has 14 heavy (non-hydrogen) atoms. The summed E-state index contributed by atoms with van der Waals surface area (Å²) >= 11 is 6.33. The van der Waals surface area contributed by atoms with Crippen molar-refractivity contribution in [3.8, 4) is 0 Å². The molecule has 0 bridgehead atoms. The maximum absolute atomic E-state index is 5.98. The molecule has 74 valence electrons. The van der Waals surface area contributed by atoms with Crippen LogP contribution in [-0.2, 0) is 6.42 Å². The van der Waals surface area contributed by atoms with Gasteiger partial charge in [-0.3, -0.25) is 0 Å². The number of nitrogens with zero attached hydrogens (tertiary/aromatic N) is 2. The van der Waals surface area contributed by atoms with Crippen molar-refractivity contribution in [1.29, 1.82) is 0 Å². The summed E-state index contributed by atoms with van der Waals surface area (Å²) in [7, 11) is 0. The summed E-state index contributed by atoms with van der Waals surface area (Å²) in [6, 6.07) is 4.07. The second-order valence-electron chi connectivity index (χ2n) is 2.85. The van der Waals surface area contributed by atoms with E-state index < -0.39 is 0 Å². The highest BCUT2D eigenvalue weighted by Crippen LogP contribution is 2.25. The Balaban J connectivity index is 2.05. The van der Waals surface area contributed by atoms with Crippen LogP contribution in [-0.4, -0.2) is 8.75 Å². The molecule has 0 radical (unpaired) electrons. The molecule has 0 fully saturated rings. The van der Waals surface area contributed by atoms with E-state index in [-0.39, 0.29) is 6.04 Å². The molecule has 0 amide bonds. The third-order valence-corrected chi connectivity index (χ3v) is 3.95. The van der Waals surface area contributed by atoms with Gasteiger partial charge in [0.2, 0.25) is 0 Å². The molecule has 2 heterocycles. The van der Waals surface area contributed by atoms with Gasteiger partial charge in [0.25, 0.3) is 0 Å². The molecule has 0 saturated carbocycles. The molecule has 3 nitrogen and oxygen atoms in total. The molecule has 2 N–H and O–H groups in total. The Morgan fingerprint density at radius 1 is 1.50 bits per heavy atom. The first-order chi connectivity index (χ1) is 6.75. The van der Waals surface area contributed by atoms with Crippen molar-refractivity contribution < 1.29 is 0 Å². The second-order valence-corrected chi connectivity index (χ2v) is 5.95. The summed E-state index contributed by atoms with van der Waals surface area (Å²) in [5, 5.41) is 0. The van der Waals surface area contributed by atoms with Crippen LogP contribution in [0.4, 0.5) is 0 Å². The molecular formula is C8H8BrN3S2. The van der Waals surface area contributed by atoms with Crippen molar-refractivity contribution in [1.82, 2.24) is 8.75 Å². The van der Waals surface area contributed by atoms with Crippen molar-refractivity contribution in [3.63, 3.8) is 0 Å². The van der Waals surface area contributed by atoms with Crippen LogP contribution in [0.1, 0.15) is 16.6 Å². The quantitative estimate of drug-likeness (QED) is 0.945. The van der Waals surface area contributed by atoms with Crippen LogP contribution in [0.25, 0.3) is 0 Å². The van der Waals surface area contributed by atoms with Crippen LogP contribution < -0.4 is 5.73 Å². The zero-order chi connectivity index (χ0) is 9.97. The number of thiophene rings is 1. The minimum atomic E-state index is -0.0423.